The molecule has 0 fully saturated rings. The normalized spacial score (nSPS) is 11.9. The second-order valence-electron chi connectivity index (χ2n) is 3.90. The number of unbranched alkanes of at least 4 members (excludes halogenated alkanes) is 3. The van der Waals surface area contributed by atoms with Crippen LogP contribution in [0.3, 0.4) is 0 Å². The summed E-state index contributed by atoms with van der Waals surface area (Å²) in [7, 11) is -2.74. The summed E-state index contributed by atoms with van der Waals surface area (Å²) >= 11 is 0. The van der Waals surface area contributed by atoms with Gasteiger partial charge in [-0.25, -0.2) is 8.42 Å². The molecule has 0 radical (unpaired) electrons. The molecule has 0 amide bonds. The molecule has 0 heterocycles. The molecule has 0 bridgehead atoms. The highest BCUT2D eigenvalue weighted by Gasteiger charge is 2.05. The Bertz CT molecular complexity index is 225. The molecule has 0 aromatic heterocycles. The zero-order valence-electron chi connectivity index (χ0n) is 10.1. The maximum Gasteiger partial charge on any atom is 0.150 e. The molecule has 3 nitrogen and oxygen atoms in total. The first-order valence-corrected chi connectivity index (χ1v) is 7.85. The number of nitrogens with one attached hydrogen (secondary N) is 1. The lowest BCUT2D eigenvalue weighted by Crippen LogP contribution is -2.15. The molecule has 0 aromatic rings. The van der Waals surface area contributed by atoms with Gasteiger partial charge in [0.1, 0.15) is 9.84 Å². The van der Waals surface area contributed by atoms with Crippen molar-refractivity contribution in [3.05, 3.63) is 0 Å². The molecule has 1 N–H and O–H groups in total. The van der Waals surface area contributed by atoms with E-state index in [4.69, 9.17) is 0 Å². The molecule has 0 aliphatic heterocycles. The van der Waals surface area contributed by atoms with Crippen molar-refractivity contribution < 1.29 is 8.42 Å². The van der Waals surface area contributed by atoms with E-state index in [-0.39, 0.29) is 5.75 Å². The number of hydrogen-bond acceptors (Lipinski definition) is 3. The van der Waals surface area contributed by atoms with Gasteiger partial charge in [-0.2, -0.15) is 0 Å². The molecule has 15 heavy (non-hydrogen) atoms. The maximum atomic E-state index is 11.2. The summed E-state index contributed by atoms with van der Waals surface area (Å²) in [4.78, 5) is 0. The Morgan fingerprint density at radius 2 is 1.60 bits per heavy atom. The van der Waals surface area contributed by atoms with E-state index in [1.165, 1.54) is 6.42 Å². The van der Waals surface area contributed by atoms with Crippen molar-refractivity contribution in [1.29, 1.82) is 0 Å². The lowest BCUT2D eigenvalue weighted by molar-refractivity contribution is 0.578. The lowest BCUT2D eigenvalue weighted by atomic mass is 10.2. The second kappa shape index (κ2) is 9.16. The van der Waals surface area contributed by atoms with E-state index in [0.717, 1.165) is 38.8 Å². The van der Waals surface area contributed by atoms with Gasteiger partial charge in [0.2, 0.25) is 0 Å². The van der Waals surface area contributed by atoms with Crippen molar-refractivity contribution in [3.8, 4) is 0 Å². The Kier molecular flexibility index (Phi) is 9.10. The van der Waals surface area contributed by atoms with Crippen molar-refractivity contribution in [2.75, 3.05) is 24.6 Å². The van der Waals surface area contributed by atoms with Crippen LogP contribution in [0.25, 0.3) is 0 Å². The molecular weight excluding hydrogens is 210 g/mol. The van der Waals surface area contributed by atoms with Gasteiger partial charge in [-0.15, -0.1) is 0 Å². The largest absolute Gasteiger partial charge is 0.317 e. The first-order valence-electron chi connectivity index (χ1n) is 6.03. The maximum absolute atomic E-state index is 11.2. The third-order valence-electron chi connectivity index (χ3n) is 2.43. The van der Waals surface area contributed by atoms with E-state index in [1.54, 1.807) is 6.92 Å². The van der Waals surface area contributed by atoms with Gasteiger partial charge in [0, 0.05) is 5.75 Å². The minimum atomic E-state index is -2.74. The van der Waals surface area contributed by atoms with E-state index in [1.807, 2.05) is 0 Å². The van der Waals surface area contributed by atoms with Gasteiger partial charge in [-0.3, -0.25) is 0 Å². The third kappa shape index (κ3) is 10.2. The summed E-state index contributed by atoms with van der Waals surface area (Å²) in [5.74, 6) is 0.650. The van der Waals surface area contributed by atoms with Crippen LogP contribution in [0.2, 0.25) is 0 Å². The predicted molar refractivity (Wildman–Crippen MR) is 66.0 cm³/mol. The molecule has 0 rings (SSSR count). The van der Waals surface area contributed by atoms with Gasteiger partial charge in [0.15, 0.2) is 0 Å². The van der Waals surface area contributed by atoms with Gasteiger partial charge < -0.3 is 5.32 Å². The van der Waals surface area contributed by atoms with Crippen LogP contribution in [0, 0.1) is 0 Å². The average molecular weight is 235 g/mol. The zero-order chi connectivity index (χ0) is 11.6. The standard InChI is InChI=1S/C11H25NO2S/c1-3-9-12-10-7-5-6-8-11-15(13,14)4-2/h12H,3-11H2,1-2H3. The average Bonchev–Trinajstić information content (AvgIpc) is 2.22. The van der Waals surface area contributed by atoms with E-state index in [2.05, 4.69) is 12.2 Å². The smallest absolute Gasteiger partial charge is 0.150 e. The summed E-state index contributed by atoms with van der Waals surface area (Å²) in [5, 5.41) is 3.34. The van der Waals surface area contributed by atoms with E-state index in [9.17, 15) is 8.42 Å². The number of sulfone groups is 1. The molecule has 0 aromatic carbocycles. The van der Waals surface area contributed by atoms with Gasteiger partial charge in [-0.05, 0) is 32.4 Å². The fourth-order valence-corrected chi connectivity index (χ4v) is 2.30. The van der Waals surface area contributed by atoms with Crippen molar-refractivity contribution >= 4 is 9.84 Å². The van der Waals surface area contributed by atoms with Gasteiger partial charge in [0.25, 0.3) is 0 Å². The lowest BCUT2D eigenvalue weighted by Gasteiger charge is -2.03. The van der Waals surface area contributed by atoms with Gasteiger partial charge in [-0.1, -0.05) is 26.7 Å². The highest BCUT2D eigenvalue weighted by Crippen LogP contribution is 2.02. The molecular formula is C11H25NO2S. The highest BCUT2D eigenvalue weighted by molar-refractivity contribution is 7.91. The van der Waals surface area contributed by atoms with Crippen LogP contribution in [0.1, 0.15) is 46.0 Å². The predicted octanol–water partition coefficient (Wildman–Crippen LogP) is 1.98. The Morgan fingerprint density at radius 3 is 2.20 bits per heavy atom. The Morgan fingerprint density at radius 1 is 0.933 bits per heavy atom. The van der Waals surface area contributed by atoms with Crippen molar-refractivity contribution in [3.63, 3.8) is 0 Å². The van der Waals surface area contributed by atoms with Gasteiger partial charge in [0.05, 0.1) is 5.75 Å². The van der Waals surface area contributed by atoms with Crippen molar-refractivity contribution in [2.45, 2.75) is 46.0 Å². The molecule has 4 heteroatoms. The molecule has 0 saturated carbocycles. The summed E-state index contributed by atoms with van der Waals surface area (Å²) in [6.45, 7) is 6.02. The van der Waals surface area contributed by atoms with Crippen LogP contribution in [-0.4, -0.2) is 33.0 Å². The minimum Gasteiger partial charge on any atom is -0.317 e. The van der Waals surface area contributed by atoms with E-state index in [0.29, 0.717) is 5.75 Å². The quantitative estimate of drug-likeness (QED) is 0.589. The monoisotopic (exact) mass is 235 g/mol. The van der Waals surface area contributed by atoms with Crippen LogP contribution in [0.4, 0.5) is 0 Å². The Hall–Kier alpha value is -0.0900. The van der Waals surface area contributed by atoms with Crippen molar-refractivity contribution in [1.82, 2.24) is 5.32 Å². The summed E-state index contributed by atoms with van der Waals surface area (Å²) in [6.07, 6.45) is 5.33. The summed E-state index contributed by atoms with van der Waals surface area (Å²) < 4.78 is 22.3. The minimum absolute atomic E-state index is 0.283. The van der Waals surface area contributed by atoms with Crippen LogP contribution in [-0.2, 0) is 9.84 Å². The molecule has 0 atom stereocenters. The van der Waals surface area contributed by atoms with Crippen LogP contribution < -0.4 is 5.32 Å². The molecule has 0 aliphatic rings. The molecule has 0 saturated heterocycles. The van der Waals surface area contributed by atoms with Crippen molar-refractivity contribution in [2.24, 2.45) is 0 Å². The highest BCUT2D eigenvalue weighted by atomic mass is 32.2. The van der Waals surface area contributed by atoms with Gasteiger partial charge >= 0.3 is 0 Å². The summed E-state index contributed by atoms with van der Waals surface area (Å²) in [6, 6.07) is 0. The molecule has 0 aliphatic carbocycles. The first-order chi connectivity index (χ1) is 7.12. The number of hydrogen-bond donors (Lipinski definition) is 1. The Labute approximate surface area is 94.6 Å². The Balaban J connectivity index is 3.19. The SMILES string of the molecule is CCCNCCCCCCS(=O)(=O)CC. The van der Waals surface area contributed by atoms with E-state index >= 15 is 0 Å². The molecule has 92 valence electrons. The summed E-state index contributed by atoms with van der Waals surface area (Å²) in [5.41, 5.74) is 0. The molecule has 0 spiro atoms. The van der Waals surface area contributed by atoms with Crippen LogP contribution in [0.5, 0.6) is 0 Å². The first kappa shape index (κ1) is 14.9. The number of rotatable bonds is 10. The van der Waals surface area contributed by atoms with Crippen LogP contribution >= 0.6 is 0 Å². The third-order valence-corrected chi connectivity index (χ3v) is 4.22. The fourth-order valence-electron chi connectivity index (χ4n) is 1.37. The van der Waals surface area contributed by atoms with E-state index < -0.39 is 9.84 Å². The zero-order valence-corrected chi connectivity index (χ0v) is 10.9. The molecule has 0 unspecified atom stereocenters. The second-order valence-corrected chi connectivity index (χ2v) is 6.37. The van der Waals surface area contributed by atoms with Crippen LogP contribution in [0.15, 0.2) is 0 Å². The topological polar surface area (TPSA) is 46.2 Å². The fraction of sp³-hybridized carbons (Fsp3) is 1.00.